The molecule has 134 valence electrons. The average molecular weight is 354 g/mol. The third-order valence-corrected chi connectivity index (χ3v) is 4.18. The Balaban J connectivity index is 0.00000288. The lowest BCUT2D eigenvalue weighted by molar-refractivity contribution is -0.116. The summed E-state index contributed by atoms with van der Waals surface area (Å²) in [4.78, 5) is 24.0. The predicted octanol–water partition coefficient (Wildman–Crippen LogP) is 2.97. The first-order chi connectivity index (χ1) is 11.2. The molecular formula is C18H28ClN3O2. The second-order valence-corrected chi connectivity index (χ2v) is 6.12. The minimum absolute atomic E-state index is 0. The number of carbonyl (C=O) groups excluding carboxylic acids is 2. The van der Waals surface area contributed by atoms with Gasteiger partial charge >= 0.3 is 0 Å². The minimum Gasteiger partial charge on any atom is -0.352 e. The summed E-state index contributed by atoms with van der Waals surface area (Å²) < 4.78 is 0. The summed E-state index contributed by atoms with van der Waals surface area (Å²) in [6.45, 7) is 4.79. The number of anilines is 1. The molecule has 3 N–H and O–H groups in total. The number of rotatable bonds is 7. The first kappa shape index (κ1) is 20.5. The Kier molecular flexibility index (Phi) is 9.42. The number of carbonyl (C=O) groups is 2. The quantitative estimate of drug-likeness (QED) is 0.705. The van der Waals surface area contributed by atoms with Crippen LogP contribution in [0.4, 0.5) is 5.69 Å². The normalized spacial score (nSPS) is 14.5. The highest BCUT2D eigenvalue weighted by Crippen LogP contribution is 2.18. The molecule has 0 aromatic heterocycles. The maximum Gasteiger partial charge on any atom is 0.251 e. The number of amides is 2. The summed E-state index contributed by atoms with van der Waals surface area (Å²) in [5, 5.41) is 9.07. The molecule has 1 saturated heterocycles. The maximum atomic E-state index is 12.1. The van der Waals surface area contributed by atoms with Gasteiger partial charge in [-0.15, -0.1) is 12.4 Å². The molecule has 0 spiro atoms. The van der Waals surface area contributed by atoms with Crippen molar-refractivity contribution in [2.75, 3.05) is 25.0 Å². The molecule has 1 aromatic rings. The number of hydrogen-bond donors (Lipinski definition) is 3. The number of halogens is 1. The zero-order chi connectivity index (χ0) is 16.5. The van der Waals surface area contributed by atoms with Crippen LogP contribution in [0.1, 0.15) is 49.4 Å². The lowest BCUT2D eigenvalue weighted by Crippen LogP contribution is -2.28. The van der Waals surface area contributed by atoms with E-state index in [1.54, 1.807) is 18.2 Å². The van der Waals surface area contributed by atoms with Crippen LogP contribution < -0.4 is 16.0 Å². The SMILES string of the molecule is CCCNC(=O)c1cccc(NC(=O)CCC2CCNCC2)c1.Cl. The molecule has 24 heavy (non-hydrogen) atoms. The highest BCUT2D eigenvalue weighted by Gasteiger charge is 2.14. The lowest BCUT2D eigenvalue weighted by atomic mass is 9.93. The molecule has 0 bridgehead atoms. The van der Waals surface area contributed by atoms with Gasteiger partial charge < -0.3 is 16.0 Å². The van der Waals surface area contributed by atoms with Crippen molar-refractivity contribution in [2.45, 2.75) is 39.0 Å². The molecule has 1 fully saturated rings. The van der Waals surface area contributed by atoms with Crippen LogP contribution >= 0.6 is 12.4 Å². The van der Waals surface area contributed by atoms with Crippen LogP contribution in [0.3, 0.4) is 0 Å². The Morgan fingerprint density at radius 3 is 2.71 bits per heavy atom. The van der Waals surface area contributed by atoms with E-state index in [1.807, 2.05) is 13.0 Å². The summed E-state index contributed by atoms with van der Waals surface area (Å²) in [5.74, 6) is 0.570. The molecule has 1 heterocycles. The van der Waals surface area contributed by atoms with Crippen molar-refractivity contribution in [3.05, 3.63) is 29.8 Å². The topological polar surface area (TPSA) is 70.2 Å². The first-order valence-corrected chi connectivity index (χ1v) is 8.58. The van der Waals surface area contributed by atoms with Crippen molar-refractivity contribution in [1.29, 1.82) is 0 Å². The molecule has 1 aromatic carbocycles. The summed E-state index contributed by atoms with van der Waals surface area (Å²) in [5.41, 5.74) is 1.26. The van der Waals surface area contributed by atoms with Gasteiger partial charge in [-0.1, -0.05) is 13.0 Å². The van der Waals surface area contributed by atoms with Crippen molar-refractivity contribution >= 4 is 29.9 Å². The molecule has 2 amide bonds. The molecule has 0 saturated carbocycles. The van der Waals surface area contributed by atoms with Gasteiger partial charge in [0.1, 0.15) is 0 Å². The zero-order valence-electron chi connectivity index (χ0n) is 14.3. The van der Waals surface area contributed by atoms with E-state index < -0.39 is 0 Å². The van der Waals surface area contributed by atoms with Crippen molar-refractivity contribution in [3.8, 4) is 0 Å². The molecule has 0 unspecified atom stereocenters. The summed E-state index contributed by atoms with van der Waals surface area (Å²) in [7, 11) is 0. The van der Waals surface area contributed by atoms with Gasteiger partial charge in [0.2, 0.25) is 5.91 Å². The van der Waals surface area contributed by atoms with E-state index in [-0.39, 0.29) is 24.2 Å². The van der Waals surface area contributed by atoms with Crippen molar-refractivity contribution in [2.24, 2.45) is 5.92 Å². The van der Waals surface area contributed by atoms with Gasteiger partial charge in [-0.25, -0.2) is 0 Å². The highest BCUT2D eigenvalue weighted by atomic mass is 35.5. The Morgan fingerprint density at radius 1 is 1.25 bits per heavy atom. The first-order valence-electron chi connectivity index (χ1n) is 8.58. The lowest BCUT2D eigenvalue weighted by Gasteiger charge is -2.22. The van der Waals surface area contributed by atoms with Crippen LogP contribution in [0.25, 0.3) is 0 Å². The van der Waals surface area contributed by atoms with Crippen molar-refractivity contribution in [3.63, 3.8) is 0 Å². The van der Waals surface area contributed by atoms with Crippen LogP contribution in [0.15, 0.2) is 24.3 Å². The molecule has 0 radical (unpaired) electrons. The van der Waals surface area contributed by atoms with E-state index in [0.717, 1.165) is 38.8 Å². The second kappa shape index (κ2) is 11.0. The van der Waals surface area contributed by atoms with E-state index in [9.17, 15) is 9.59 Å². The summed E-state index contributed by atoms with van der Waals surface area (Å²) in [6, 6.07) is 7.10. The van der Waals surface area contributed by atoms with E-state index in [1.165, 1.54) is 0 Å². The Labute approximate surface area is 150 Å². The van der Waals surface area contributed by atoms with Crippen LogP contribution in [-0.2, 0) is 4.79 Å². The van der Waals surface area contributed by atoms with Gasteiger partial charge in [0, 0.05) is 24.2 Å². The fraction of sp³-hybridized carbons (Fsp3) is 0.556. The number of piperidine rings is 1. The molecule has 1 aliphatic rings. The van der Waals surface area contributed by atoms with E-state index in [0.29, 0.717) is 30.1 Å². The van der Waals surface area contributed by atoms with Crippen LogP contribution in [0.2, 0.25) is 0 Å². The zero-order valence-corrected chi connectivity index (χ0v) is 15.1. The summed E-state index contributed by atoms with van der Waals surface area (Å²) >= 11 is 0. The van der Waals surface area contributed by atoms with Gasteiger partial charge in [-0.05, 0) is 62.9 Å². The minimum atomic E-state index is -0.0994. The van der Waals surface area contributed by atoms with Crippen LogP contribution in [0, 0.1) is 5.92 Å². The molecular weight excluding hydrogens is 326 g/mol. The van der Waals surface area contributed by atoms with Gasteiger partial charge in [0.05, 0.1) is 0 Å². The molecule has 5 nitrogen and oxygen atoms in total. The van der Waals surface area contributed by atoms with Gasteiger partial charge in [-0.3, -0.25) is 9.59 Å². The predicted molar refractivity (Wildman–Crippen MR) is 99.8 cm³/mol. The van der Waals surface area contributed by atoms with Gasteiger partial charge in [0.15, 0.2) is 0 Å². The summed E-state index contributed by atoms with van der Waals surface area (Å²) in [6.07, 6.45) is 4.68. The number of nitrogens with one attached hydrogen (secondary N) is 3. The Hall–Kier alpha value is -1.59. The maximum absolute atomic E-state index is 12.1. The third-order valence-electron chi connectivity index (χ3n) is 4.18. The van der Waals surface area contributed by atoms with E-state index in [4.69, 9.17) is 0 Å². The average Bonchev–Trinajstić information content (AvgIpc) is 2.59. The monoisotopic (exact) mass is 353 g/mol. The standard InChI is InChI=1S/C18H27N3O2.ClH/c1-2-10-20-18(23)15-4-3-5-16(13-15)21-17(22)7-6-14-8-11-19-12-9-14;/h3-5,13-14,19H,2,6-12H2,1H3,(H,20,23)(H,21,22);1H. The van der Waals surface area contributed by atoms with Crippen molar-refractivity contribution < 1.29 is 9.59 Å². The Bertz CT molecular complexity index is 531. The highest BCUT2D eigenvalue weighted by molar-refractivity contribution is 5.97. The second-order valence-electron chi connectivity index (χ2n) is 6.12. The Morgan fingerprint density at radius 2 is 2.00 bits per heavy atom. The smallest absolute Gasteiger partial charge is 0.251 e. The van der Waals surface area contributed by atoms with Gasteiger partial charge in [0.25, 0.3) is 5.91 Å². The van der Waals surface area contributed by atoms with Crippen LogP contribution in [0.5, 0.6) is 0 Å². The van der Waals surface area contributed by atoms with Crippen LogP contribution in [-0.4, -0.2) is 31.4 Å². The number of hydrogen-bond acceptors (Lipinski definition) is 3. The van der Waals surface area contributed by atoms with Crippen molar-refractivity contribution in [1.82, 2.24) is 10.6 Å². The van der Waals surface area contributed by atoms with E-state index >= 15 is 0 Å². The largest absolute Gasteiger partial charge is 0.352 e. The molecule has 0 aliphatic carbocycles. The van der Waals surface area contributed by atoms with Gasteiger partial charge in [-0.2, -0.15) is 0 Å². The molecule has 6 heteroatoms. The third kappa shape index (κ3) is 6.89. The molecule has 0 atom stereocenters. The molecule has 2 rings (SSSR count). The fourth-order valence-electron chi connectivity index (χ4n) is 2.81. The fourth-order valence-corrected chi connectivity index (χ4v) is 2.81. The van der Waals surface area contributed by atoms with E-state index in [2.05, 4.69) is 16.0 Å². The molecule has 1 aliphatic heterocycles. The number of benzene rings is 1.